The van der Waals surface area contributed by atoms with E-state index in [4.69, 9.17) is 20.1 Å². The van der Waals surface area contributed by atoms with E-state index in [-0.39, 0.29) is 12.4 Å². The van der Waals surface area contributed by atoms with Crippen LogP contribution in [-0.2, 0) is 0 Å². The molecule has 1 aromatic carbocycles. The summed E-state index contributed by atoms with van der Waals surface area (Å²) >= 11 is 0. The number of hydrogen-bond acceptors (Lipinski definition) is 7. The molecule has 1 saturated carbocycles. The van der Waals surface area contributed by atoms with Crippen molar-refractivity contribution in [2.75, 3.05) is 23.3 Å². The summed E-state index contributed by atoms with van der Waals surface area (Å²) in [6.07, 6.45) is 5.85. The van der Waals surface area contributed by atoms with E-state index in [0.717, 1.165) is 89.7 Å². The maximum atomic E-state index is 10.4. The Hall–Kier alpha value is -2.97. The molecule has 2 aliphatic rings. The Morgan fingerprint density at radius 2 is 1.72 bits per heavy atom. The molecule has 6 rings (SSSR count). The van der Waals surface area contributed by atoms with Gasteiger partial charge in [0.2, 0.25) is 0 Å². The van der Waals surface area contributed by atoms with Crippen molar-refractivity contribution in [1.29, 1.82) is 0 Å². The lowest BCUT2D eigenvalue weighted by atomic mass is 9.84. The second-order valence-electron chi connectivity index (χ2n) is 10.6. The van der Waals surface area contributed by atoms with E-state index in [1.807, 2.05) is 30.5 Å². The first-order valence-corrected chi connectivity index (χ1v) is 12.7. The van der Waals surface area contributed by atoms with Crippen molar-refractivity contribution in [3.8, 4) is 11.4 Å². The maximum absolute atomic E-state index is 10.4. The smallest absolute Gasteiger partial charge is 0.160 e. The van der Waals surface area contributed by atoms with Gasteiger partial charge in [0.05, 0.1) is 22.3 Å². The van der Waals surface area contributed by atoms with E-state index < -0.39 is 5.60 Å². The molecule has 2 N–H and O–H groups in total. The van der Waals surface area contributed by atoms with Crippen LogP contribution in [0.25, 0.3) is 28.1 Å². The predicted octanol–water partition coefficient (Wildman–Crippen LogP) is 5.08. The molecule has 9 heteroatoms. The van der Waals surface area contributed by atoms with Gasteiger partial charge in [-0.2, -0.15) is 9.61 Å². The van der Waals surface area contributed by atoms with Gasteiger partial charge in [-0.15, -0.1) is 12.4 Å². The molecule has 190 valence electrons. The molecule has 0 amide bonds. The molecule has 0 radical (unpaired) electrons. The molecule has 3 aromatic heterocycles. The summed E-state index contributed by atoms with van der Waals surface area (Å²) in [6, 6.07) is 10.6. The number of aliphatic hydroxyl groups is 1. The minimum Gasteiger partial charge on any atom is -0.390 e. The van der Waals surface area contributed by atoms with Gasteiger partial charge in [0, 0.05) is 31.3 Å². The predicted molar refractivity (Wildman–Crippen MR) is 146 cm³/mol. The fourth-order valence-corrected chi connectivity index (χ4v) is 5.38. The van der Waals surface area contributed by atoms with Crippen LogP contribution in [0.4, 0.5) is 11.6 Å². The van der Waals surface area contributed by atoms with Gasteiger partial charge in [0.25, 0.3) is 0 Å². The SMILES string of the molecule is Cc1ccc2nc(C)c(-c3cc4nc(N5CCCC5)cc(NC5CCC(C)(O)CC5)n4n3)nc2c1.Cl. The summed E-state index contributed by atoms with van der Waals surface area (Å²) < 4.78 is 1.91. The van der Waals surface area contributed by atoms with Crippen LogP contribution in [0.2, 0.25) is 0 Å². The van der Waals surface area contributed by atoms with E-state index in [2.05, 4.69) is 35.3 Å². The fraction of sp³-hybridized carbons (Fsp3) is 0.481. The van der Waals surface area contributed by atoms with Crippen LogP contribution in [-0.4, -0.2) is 54.4 Å². The van der Waals surface area contributed by atoms with Crippen molar-refractivity contribution in [3.63, 3.8) is 0 Å². The third-order valence-electron chi connectivity index (χ3n) is 7.50. The first-order valence-electron chi connectivity index (χ1n) is 12.7. The molecule has 36 heavy (non-hydrogen) atoms. The zero-order chi connectivity index (χ0) is 24.2. The Balaban J connectivity index is 0.00000267. The third-order valence-corrected chi connectivity index (χ3v) is 7.50. The quantitative estimate of drug-likeness (QED) is 0.397. The van der Waals surface area contributed by atoms with Gasteiger partial charge in [0.15, 0.2) is 5.65 Å². The number of nitrogens with one attached hydrogen (secondary N) is 1. The first kappa shape index (κ1) is 24.7. The van der Waals surface area contributed by atoms with Gasteiger partial charge in [-0.25, -0.2) is 15.0 Å². The van der Waals surface area contributed by atoms with Crippen LogP contribution in [0, 0.1) is 13.8 Å². The molecule has 0 spiro atoms. The number of hydrogen-bond donors (Lipinski definition) is 2. The van der Waals surface area contributed by atoms with Gasteiger partial charge in [-0.3, -0.25) is 0 Å². The van der Waals surface area contributed by atoms with Crippen LogP contribution in [0.15, 0.2) is 30.3 Å². The number of anilines is 2. The minimum atomic E-state index is -0.560. The second kappa shape index (κ2) is 9.48. The summed E-state index contributed by atoms with van der Waals surface area (Å²) in [5, 5.41) is 19.1. The molecule has 1 aliphatic carbocycles. The number of rotatable bonds is 4. The Labute approximate surface area is 217 Å². The summed E-state index contributed by atoms with van der Waals surface area (Å²) in [6.45, 7) is 8.06. The monoisotopic (exact) mass is 507 g/mol. The number of aromatic nitrogens is 5. The highest BCUT2D eigenvalue weighted by molar-refractivity contribution is 5.85. The van der Waals surface area contributed by atoms with E-state index in [9.17, 15) is 5.11 Å². The van der Waals surface area contributed by atoms with Crippen LogP contribution in [0.5, 0.6) is 0 Å². The molecule has 0 unspecified atom stereocenters. The van der Waals surface area contributed by atoms with Gasteiger partial charge < -0.3 is 15.3 Å². The topological polar surface area (TPSA) is 91.5 Å². The van der Waals surface area contributed by atoms with E-state index in [1.54, 1.807) is 0 Å². The molecule has 8 nitrogen and oxygen atoms in total. The Morgan fingerprint density at radius 3 is 2.47 bits per heavy atom. The summed E-state index contributed by atoms with van der Waals surface area (Å²) in [5.41, 5.74) is 5.59. The van der Waals surface area contributed by atoms with Crippen LogP contribution < -0.4 is 10.2 Å². The highest BCUT2D eigenvalue weighted by Crippen LogP contribution is 2.32. The minimum absolute atomic E-state index is 0. The molecule has 0 bridgehead atoms. The molecule has 0 atom stereocenters. The molecule has 1 aliphatic heterocycles. The Morgan fingerprint density at radius 1 is 0.972 bits per heavy atom. The molecule has 4 aromatic rings. The second-order valence-corrected chi connectivity index (χ2v) is 10.6. The molecule has 2 fully saturated rings. The lowest BCUT2D eigenvalue weighted by Gasteiger charge is -2.34. The number of benzene rings is 1. The molecular formula is C27H34ClN7O. The van der Waals surface area contributed by atoms with E-state index >= 15 is 0 Å². The van der Waals surface area contributed by atoms with Gasteiger partial charge in [-0.05, 0) is 77.0 Å². The Bertz CT molecular complexity index is 1400. The van der Waals surface area contributed by atoms with Crippen LogP contribution in [0.1, 0.15) is 56.7 Å². The lowest BCUT2D eigenvalue weighted by Crippen LogP contribution is -2.36. The highest BCUT2D eigenvalue weighted by Gasteiger charge is 2.29. The number of nitrogens with zero attached hydrogens (tertiary/aromatic N) is 6. The zero-order valence-electron chi connectivity index (χ0n) is 21.2. The van der Waals surface area contributed by atoms with Crippen molar-refractivity contribution in [2.45, 2.75) is 70.9 Å². The maximum Gasteiger partial charge on any atom is 0.160 e. The van der Waals surface area contributed by atoms with Crippen molar-refractivity contribution in [3.05, 3.63) is 41.6 Å². The summed E-state index contributed by atoms with van der Waals surface area (Å²) in [7, 11) is 0. The Kier molecular flexibility index (Phi) is 6.51. The third kappa shape index (κ3) is 4.72. The van der Waals surface area contributed by atoms with Crippen molar-refractivity contribution >= 4 is 40.7 Å². The number of aryl methyl sites for hydroxylation is 2. The van der Waals surface area contributed by atoms with E-state index in [1.165, 1.54) is 12.8 Å². The van der Waals surface area contributed by atoms with Gasteiger partial charge in [-0.1, -0.05) is 6.07 Å². The van der Waals surface area contributed by atoms with E-state index in [0.29, 0.717) is 6.04 Å². The summed E-state index contributed by atoms with van der Waals surface area (Å²) in [5.74, 6) is 1.93. The van der Waals surface area contributed by atoms with Crippen LogP contribution >= 0.6 is 12.4 Å². The molecule has 1 saturated heterocycles. The number of fused-ring (bicyclic) bond motifs is 2. The molecular weight excluding hydrogens is 474 g/mol. The lowest BCUT2D eigenvalue weighted by molar-refractivity contribution is 0.0196. The van der Waals surface area contributed by atoms with Crippen molar-refractivity contribution in [2.24, 2.45) is 0 Å². The average Bonchev–Trinajstić information content (AvgIpc) is 3.50. The standard InChI is InChI=1S/C27H33N7O.ClH/c1-17-6-7-20-21(14-17)30-26(18(2)28-20)22-15-24-31-23(33-12-4-5-13-33)16-25(34(24)32-22)29-19-8-10-27(3,35)11-9-19;/h6-7,14-16,19,29,35H,4-5,8-13H2,1-3H3;1H. The zero-order valence-corrected chi connectivity index (χ0v) is 22.0. The fourth-order valence-electron chi connectivity index (χ4n) is 5.38. The van der Waals surface area contributed by atoms with Crippen LogP contribution in [0.3, 0.4) is 0 Å². The number of halogens is 1. The normalized spacial score (nSPS) is 22.2. The van der Waals surface area contributed by atoms with Crippen molar-refractivity contribution in [1.82, 2.24) is 24.6 Å². The average molecular weight is 508 g/mol. The first-order chi connectivity index (χ1) is 16.8. The molecule has 4 heterocycles. The summed E-state index contributed by atoms with van der Waals surface area (Å²) in [4.78, 5) is 17.1. The van der Waals surface area contributed by atoms with Gasteiger partial charge in [0.1, 0.15) is 23.0 Å². The largest absolute Gasteiger partial charge is 0.390 e. The highest BCUT2D eigenvalue weighted by atomic mass is 35.5. The van der Waals surface area contributed by atoms with Crippen molar-refractivity contribution < 1.29 is 5.11 Å². The van der Waals surface area contributed by atoms with Gasteiger partial charge >= 0.3 is 0 Å².